The van der Waals surface area contributed by atoms with E-state index < -0.39 is 0 Å². The fourth-order valence-electron chi connectivity index (χ4n) is 3.10. The first-order valence-corrected chi connectivity index (χ1v) is 8.64. The summed E-state index contributed by atoms with van der Waals surface area (Å²) in [7, 11) is 1.91. The number of hydrogen-bond acceptors (Lipinski definition) is 2. The minimum atomic E-state index is 0. The summed E-state index contributed by atoms with van der Waals surface area (Å²) in [4.78, 5) is 6.90. The molecule has 1 spiro atoms. The summed E-state index contributed by atoms with van der Waals surface area (Å²) in [5, 5.41) is 3.52. The van der Waals surface area contributed by atoms with E-state index in [1.165, 1.54) is 57.4 Å². The summed E-state index contributed by atoms with van der Waals surface area (Å²) >= 11 is 1.93. The van der Waals surface area contributed by atoms with Crippen LogP contribution in [-0.2, 0) is 0 Å². The number of halogens is 1. The molecule has 5 heteroatoms. The van der Waals surface area contributed by atoms with Crippen LogP contribution in [0.4, 0.5) is 0 Å². The van der Waals surface area contributed by atoms with E-state index in [0.717, 1.165) is 12.5 Å². The Morgan fingerprint density at radius 3 is 2.63 bits per heavy atom. The van der Waals surface area contributed by atoms with Crippen molar-refractivity contribution in [3.63, 3.8) is 0 Å². The van der Waals surface area contributed by atoms with Gasteiger partial charge in [0.15, 0.2) is 5.96 Å². The van der Waals surface area contributed by atoms with Gasteiger partial charge in [-0.05, 0) is 49.5 Å². The monoisotopic (exact) mass is 397 g/mol. The molecular weight excluding hydrogens is 369 g/mol. The number of nitrogens with zero attached hydrogens (tertiary/aromatic N) is 2. The molecule has 2 aliphatic rings. The smallest absolute Gasteiger partial charge is 0.193 e. The first-order valence-electron chi connectivity index (χ1n) is 7.24. The van der Waals surface area contributed by atoms with Crippen LogP contribution in [0.5, 0.6) is 0 Å². The van der Waals surface area contributed by atoms with Crippen molar-refractivity contribution in [3.8, 4) is 0 Å². The SMILES string of the molecule is CN=C(NCCCCSC)N1CCC2(CCC2)C1.I. The topological polar surface area (TPSA) is 27.6 Å². The highest BCUT2D eigenvalue weighted by molar-refractivity contribution is 14.0. The molecule has 1 aliphatic heterocycles. The minimum Gasteiger partial charge on any atom is -0.356 e. The lowest BCUT2D eigenvalue weighted by atomic mass is 9.68. The number of aliphatic imine (C=N–C) groups is 1. The highest BCUT2D eigenvalue weighted by Gasteiger charge is 2.43. The zero-order valence-electron chi connectivity index (χ0n) is 12.3. The van der Waals surface area contributed by atoms with Gasteiger partial charge in [-0.2, -0.15) is 11.8 Å². The summed E-state index contributed by atoms with van der Waals surface area (Å²) in [6.45, 7) is 3.50. The molecule has 0 amide bonds. The van der Waals surface area contributed by atoms with Gasteiger partial charge in [-0.3, -0.25) is 4.99 Å². The molecule has 1 saturated heterocycles. The van der Waals surface area contributed by atoms with Gasteiger partial charge in [-0.1, -0.05) is 6.42 Å². The number of guanidine groups is 1. The van der Waals surface area contributed by atoms with Gasteiger partial charge in [0, 0.05) is 26.7 Å². The van der Waals surface area contributed by atoms with Crippen molar-refractivity contribution in [1.82, 2.24) is 10.2 Å². The van der Waals surface area contributed by atoms with Gasteiger partial charge < -0.3 is 10.2 Å². The van der Waals surface area contributed by atoms with Crippen molar-refractivity contribution in [2.45, 2.75) is 38.5 Å². The molecule has 0 aromatic carbocycles. The number of likely N-dealkylation sites (tertiary alicyclic amines) is 1. The van der Waals surface area contributed by atoms with E-state index in [1.807, 2.05) is 18.8 Å². The molecule has 0 bridgehead atoms. The van der Waals surface area contributed by atoms with E-state index in [0.29, 0.717) is 5.41 Å². The van der Waals surface area contributed by atoms with E-state index in [-0.39, 0.29) is 24.0 Å². The summed E-state index contributed by atoms with van der Waals surface area (Å²) < 4.78 is 0. The van der Waals surface area contributed by atoms with Gasteiger partial charge in [-0.15, -0.1) is 24.0 Å². The lowest BCUT2D eigenvalue weighted by molar-refractivity contribution is 0.151. The van der Waals surface area contributed by atoms with E-state index >= 15 is 0 Å². The zero-order valence-corrected chi connectivity index (χ0v) is 15.4. The Labute approximate surface area is 139 Å². The summed E-state index contributed by atoms with van der Waals surface area (Å²) in [5.74, 6) is 2.40. The second-order valence-corrected chi connectivity index (χ2v) is 6.68. The average molecular weight is 397 g/mol. The molecule has 2 fully saturated rings. The largest absolute Gasteiger partial charge is 0.356 e. The minimum absolute atomic E-state index is 0. The molecule has 0 aromatic rings. The molecule has 1 saturated carbocycles. The molecular formula is C14H28IN3S. The van der Waals surface area contributed by atoms with Gasteiger partial charge in [0.25, 0.3) is 0 Å². The second kappa shape index (κ2) is 8.60. The van der Waals surface area contributed by atoms with Crippen molar-refractivity contribution in [1.29, 1.82) is 0 Å². The predicted octanol–water partition coefficient (Wildman–Crippen LogP) is 3.20. The molecule has 112 valence electrons. The second-order valence-electron chi connectivity index (χ2n) is 5.70. The number of thioether (sulfide) groups is 1. The quantitative estimate of drug-likeness (QED) is 0.334. The number of hydrogen-bond donors (Lipinski definition) is 1. The molecule has 1 heterocycles. The Bertz CT molecular complexity index is 292. The summed E-state index contributed by atoms with van der Waals surface area (Å²) in [6.07, 6.45) is 10.4. The van der Waals surface area contributed by atoms with Crippen molar-refractivity contribution in [2.24, 2.45) is 10.4 Å². The number of rotatable bonds is 5. The predicted molar refractivity (Wildman–Crippen MR) is 96.9 cm³/mol. The van der Waals surface area contributed by atoms with E-state index in [1.54, 1.807) is 0 Å². The zero-order chi connectivity index (χ0) is 12.8. The van der Waals surface area contributed by atoms with Crippen molar-refractivity contribution in [2.75, 3.05) is 38.7 Å². The maximum atomic E-state index is 4.44. The molecule has 19 heavy (non-hydrogen) atoms. The van der Waals surface area contributed by atoms with Gasteiger partial charge >= 0.3 is 0 Å². The van der Waals surface area contributed by atoms with Crippen LogP contribution in [0.25, 0.3) is 0 Å². The van der Waals surface area contributed by atoms with Gasteiger partial charge in [0.2, 0.25) is 0 Å². The summed E-state index contributed by atoms with van der Waals surface area (Å²) in [5.41, 5.74) is 0.663. The van der Waals surface area contributed by atoms with Crippen molar-refractivity contribution < 1.29 is 0 Å². The van der Waals surface area contributed by atoms with E-state index in [9.17, 15) is 0 Å². The Kier molecular flexibility index (Phi) is 7.87. The summed E-state index contributed by atoms with van der Waals surface area (Å²) in [6, 6.07) is 0. The fourth-order valence-corrected chi connectivity index (χ4v) is 3.60. The highest BCUT2D eigenvalue weighted by atomic mass is 127. The Balaban J connectivity index is 0.00000180. The van der Waals surface area contributed by atoms with Crippen LogP contribution < -0.4 is 5.32 Å². The standard InChI is InChI=1S/C14H27N3S.HI/c1-15-13(16-9-3-4-11-18-2)17-10-8-14(12-17)6-5-7-14;/h3-12H2,1-2H3,(H,15,16);1H. The number of nitrogens with one attached hydrogen (secondary N) is 1. The van der Waals surface area contributed by atoms with Crippen LogP contribution in [0.3, 0.4) is 0 Å². The van der Waals surface area contributed by atoms with E-state index in [2.05, 4.69) is 21.5 Å². The fraction of sp³-hybridized carbons (Fsp3) is 0.929. The highest BCUT2D eigenvalue weighted by Crippen LogP contribution is 2.47. The van der Waals surface area contributed by atoms with Crippen LogP contribution in [0.1, 0.15) is 38.5 Å². The first kappa shape index (κ1) is 17.4. The third-order valence-corrected chi connectivity index (χ3v) is 5.12. The van der Waals surface area contributed by atoms with Crippen LogP contribution in [0, 0.1) is 5.41 Å². The molecule has 1 aliphatic carbocycles. The average Bonchev–Trinajstić information content (AvgIpc) is 2.79. The van der Waals surface area contributed by atoms with Gasteiger partial charge in [0.05, 0.1) is 0 Å². The normalized spacial score (nSPS) is 21.2. The maximum absolute atomic E-state index is 4.44. The molecule has 0 radical (unpaired) electrons. The van der Waals surface area contributed by atoms with Crippen LogP contribution in [-0.4, -0.2) is 49.6 Å². The van der Waals surface area contributed by atoms with Crippen molar-refractivity contribution >= 4 is 41.7 Å². The first-order chi connectivity index (χ1) is 8.79. The van der Waals surface area contributed by atoms with Crippen molar-refractivity contribution in [3.05, 3.63) is 0 Å². The molecule has 0 unspecified atom stereocenters. The maximum Gasteiger partial charge on any atom is 0.193 e. The molecule has 0 atom stereocenters. The van der Waals surface area contributed by atoms with E-state index in [4.69, 9.17) is 0 Å². The van der Waals surface area contributed by atoms with Crippen LogP contribution in [0.2, 0.25) is 0 Å². The lowest BCUT2D eigenvalue weighted by Crippen LogP contribution is -2.42. The third kappa shape index (κ3) is 4.69. The Morgan fingerprint density at radius 1 is 1.32 bits per heavy atom. The molecule has 0 aromatic heterocycles. The third-order valence-electron chi connectivity index (χ3n) is 4.42. The Hall–Kier alpha value is 0.350. The molecule has 1 N–H and O–H groups in total. The van der Waals surface area contributed by atoms with Crippen LogP contribution in [0.15, 0.2) is 4.99 Å². The van der Waals surface area contributed by atoms with Gasteiger partial charge in [-0.25, -0.2) is 0 Å². The van der Waals surface area contributed by atoms with Gasteiger partial charge in [0.1, 0.15) is 0 Å². The number of unbranched alkanes of at least 4 members (excludes halogenated alkanes) is 1. The van der Waals surface area contributed by atoms with Crippen LogP contribution >= 0.6 is 35.7 Å². The molecule has 2 rings (SSSR count). The Morgan fingerprint density at radius 2 is 2.11 bits per heavy atom. The lowest BCUT2D eigenvalue weighted by Gasteiger charge is -2.38. The molecule has 3 nitrogen and oxygen atoms in total.